The van der Waals surface area contributed by atoms with Crippen LogP contribution in [-0.4, -0.2) is 4.57 Å². The summed E-state index contributed by atoms with van der Waals surface area (Å²) in [5, 5.41) is 2.47. The van der Waals surface area contributed by atoms with Crippen LogP contribution in [-0.2, 0) is 5.41 Å². The monoisotopic (exact) mass is 815 g/mol. The molecule has 64 heavy (non-hydrogen) atoms. The Hall–Kier alpha value is -8.40. The van der Waals surface area contributed by atoms with Crippen LogP contribution in [0.25, 0.3) is 49.7 Å². The number of hydrogen-bond donors (Lipinski definition) is 0. The Morgan fingerprint density at radius 1 is 0.297 bits per heavy atom. The smallest absolute Gasteiger partial charge is 0.0727 e. The Morgan fingerprint density at radius 3 is 1.50 bits per heavy atom. The molecule has 0 amide bonds. The predicted octanol–water partition coefficient (Wildman–Crippen LogP) is 16.1. The van der Waals surface area contributed by atoms with E-state index in [2.05, 4.69) is 263 Å². The molecule has 1 spiro atoms. The first-order chi connectivity index (χ1) is 31.8. The van der Waals surface area contributed by atoms with Crippen LogP contribution in [0.4, 0.5) is 34.1 Å². The summed E-state index contributed by atoms with van der Waals surface area (Å²) in [6.07, 6.45) is 0. The Morgan fingerprint density at radius 2 is 0.797 bits per heavy atom. The first-order valence-corrected chi connectivity index (χ1v) is 22.1. The zero-order valence-electron chi connectivity index (χ0n) is 35.0. The van der Waals surface area contributed by atoms with Gasteiger partial charge in [0.1, 0.15) is 0 Å². The largest absolute Gasteiger partial charge is 0.310 e. The number of rotatable bonds is 7. The van der Waals surface area contributed by atoms with Crippen molar-refractivity contribution in [3.05, 3.63) is 271 Å². The first-order valence-electron chi connectivity index (χ1n) is 22.1. The van der Waals surface area contributed by atoms with Crippen LogP contribution in [0.2, 0.25) is 0 Å². The molecule has 0 bridgehead atoms. The molecule has 0 saturated heterocycles. The number of benzene rings is 10. The average molecular weight is 816 g/mol. The molecule has 0 fully saturated rings. The van der Waals surface area contributed by atoms with Crippen molar-refractivity contribution in [2.45, 2.75) is 5.41 Å². The molecule has 300 valence electrons. The quantitative estimate of drug-likeness (QED) is 0.159. The van der Waals surface area contributed by atoms with Gasteiger partial charge in [0.15, 0.2) is 0 Å². The van der Waals surface area contributed by atoms with Crippen LogP contribution in [0.3, 0.4) is 0 Å². The highest BCUT2D eigenvalue weighted by atomic mass is 15.2. The molecule has 1 aromatic heterocycles. The highest BCUT2D eigenvalue weighted by Crippen LogP contribution is 2.65. The molecule has 2 aliphatic rings. The molecule has 3 heteroatoms. The van der Waals surface area contributed by atoms with E-state index < -0.39 is 5.41 Å². The molecule has 0 radical (unpaired) electrons. The van der Waals surface area contributed by atoms with Gasteiger partial charge < -0.3 is 14.4 Å². The second-order valence-electron chi connectivity index (χ2n) is 16.8. The van der Waals surface area contributed by atoms with Crippen LogP contribution >= 0.6 is 0 Å². The lowest BCUT2D eigenvalue weighted by Gasteiger charge is -2.33. The molecule has 11 aromatic rings. The minimum Gasteiger partial charge on any atom is -0.310 e. The Kier molecular flexibility index (Phi) is 8.13. The van der Waals surface area contributed by atoms with Gasteiger partial charge in [0.05, 0.1) is 22.1 Å². The highest BCUT2D eigenvalue weighted by Gasteiger charge is 2.52. The Labute approximate surface area is 373 Å². The summed E-state index contributed by atoms with van der Waals surface area (Å²) in [6.45, 7) is 0. The molecule has 1 atom stereocenters. The summed E-state index contributed by atoms with van der Waals surface area (Å²) in [5.41, 5.74) is 19.9. The van der Waals surface area contributed by atoms with Crippen molar-refractivity contribution in [3.63, 3.8) is 0 Å². The second kappa shape index (κ2) is 14.3. The lowest BCUT2D eigenvalue weighted by Crippen LogP contribution is -2.26. The lowest BCUT2D eigenvalue weighted by molar-refractivity contribution is 0.793. The lowest BCUT2D eigenvalue weighted by atomic mass is 9.70. The van der Waals surface area contributed by atoms with E-state index in [9.17, 15) is 0 Å². The van der Waals surface area contributed by atoms with Crippen molar-refractivity contribution < 1.29 is 0 Å². The maximum absolute atomic E-state index is 2.49. The number of aromatic nitrogens is 1. The van der Waals surface area contributed by atoms with Gasteiger partial charge in [0.25, 0.3) is 0 Å². The molecule has 3 nitrogen and oxygen atoms in total. The van der Waals surface area contributed by atoms with Gasteiger partial charge >= 0.3 is 0 Å². The summed E-state index contributed by atoms with van der Waals surface area (Å²) in [4.78, 5) is 4.86. The molecular formula is C61H41N3. The van der Waals surface area contributed by atoms with Gasteiger partial charge in [-0.3, -0.25) is 0 Å². The van der Waals surface area contributed by atoms with Crippen LogP contribution in [0.15, 0.2) is 249 Å². The molecular weight excluding hydrogens is 775 g/mol. The van der Waals surface area contributed by atoms with Crippen molar-refractivity contribution in [1.29, 1.82) is 0 Å². The van der Waals surface area contributed by atoms with Crippen molar-refractivity contribution in [1.82, 2.24) is 4.57 Å². The molecule has 0 saturated carbocycles. The number of para-hydroxylation sites is 5. The zero-order valence-corrected chi connectivity index (χ0v) is 35.0. The average Bonchev–Trinajstić information content (AvgIpc) is 3.97. The molecule has 1 heterocycles. The third-order valence-corrected chi connectivity index (χ3v) is 13.5. The van der Waals surface area contributed by atoms with Gasteiger partial charge in [-0.1, -0.05) is 164 Å². The SMILES string of the molecule is c1ccc(N(c2ccc3c(c2)C2(c4ccccc4-3)c3ccccc3-c3c(N(c4ccccc4)c4ccccc4)cccc32)c2ccc3c4ccccc4n(-c4ccccc4)c3c2)cc1. The van der Waals surface area contributed by atoms with E-state index in [0.717, 1.165) is 39.8 Å². The Bertz CT molecular complexity index is 3520. The van der Waals surface area contributed by atoms with E-state index >= 15 is 0 Å². The summed E-state index contributed by atoms with van der Waals surface area (Å²) in [7, 11) is 0. The minimum atomic E-state index is -0.561. The molecule has 0 aliphatic heterocycles. The minimum absolute atomic E-state index is 0.561. The highest BCUT2D eigenvalue weighted by molar-refractivity contribution is 6.10. The summed E-state index contributed by atoms with van der Waals surface area (Å²) in [6, 6.07) is 91.2. The fraction of sp³-hybridized carbons (Fsp3) is 0.0164. The maximum Gasteiger partial charge on any atom is 0.0727 e. The molecule has 1 unspecified atom stereocenters. The topological polar surface area (TPSA) is 11.4 Å². The summed E-state index contributed by atoms with van der Waals surface area (Å²) in [5.74, 6) is 0. The van der Waals surface area contributed by atoms with Crippen molar-refractivity contribution >= 4 is 55.9 Å². The van der Waals surface area contributed by atoms with Gasteiger partial charge in [-0.15, -0.1) is 0 Å². The number of anilines is 6. The number of nitrogens with zero attached hydrogens (tertiary/aromatic N) is 3. The fourth-order valence-corrected chi connectivity index (χ4v) is 11.0. The maximum atomic E-state index is 2.49. The van der Waals surface area contributed by atoms with E-state index in [1.165, 1.54) is 66.3 Å². The van der Waals surface area contributed by atoms with Gasteiger partial charge in [-0.05, 0) is 124 Å². The predicted molar refractivity (Wildman–Crippen MR) is 266 cm³/mol. The Balaban J connectivity index is 1.07. The van der Waals surface area contributed by atoms with Gasteiger partial charge in [-0.25, -0.2) is 0 Å². The zero-order chi connectivity index (χ0) is 42.2. The van der Waals surface area contributed by atoms with Crippen molar-refractivity contribution in [2.75, 3.05) is 9.80 Å². The standard InChI is InChI=1S/C61H41N3/c1-5-20-42(21-6-1)62(47-37-39-51-50-29-15-18-34-57(50)64(59(51)41-47)45-26-11-4-12-27-45)46-36-38-49-48-28-13-16-31-53(48)61(56(49)40-46)54-32-17-14-30-52(54)60-55(61)33-19-35-58(60)63(43-22-7-2-8-23-43)44-24-9-3-10-25-44/h1-41H. The third kappa shape index (κ3) is 5.22. The second-order valence-corrected chi connectivity index (χ2v) is 16.8. The van der Waals surface area contributed by atoms with E-state index in [1.807, 2.05) is 0 Å². The summed E-state index contributed by atoms with van der Waals surface area (Å²) < 4.78 is 2.41. The molecule has 10 aromatic carbocycles. The summed E-state index contributed by atoms with van der Waals surface area (Å²) >= 11 is 0. The number of hydrogen-bond acceptors (Lipinski definition) is 2. The van der Waals surface area contributed by atoms with Crippen molar-refractivity contribution in [2.24, 2.45) is 0 Å². The fourth-order valence-electron chi connectivity index (χ4n) is 11.0. The van der Waals surface area contributed by atoms with E-state index in [4.69, 9.17) is 0 Å². The van der Waals surface area contributed by atoms with Gasteiger partial charge in [0, 0.05) is 50.5 Å². The van der Waals surface area contributed by atoms with Gasteiger partial charge in [0.2, 0.25) is 0 Å². The first kappa shape index (κ1) is 36.3. The molecule has 0 N–H and O–H groups in total. The van der Waals surface area contributed by atoms with E-state index in [1.54, 1.807) is 0 Å². The molecule has 2 aliphatic carbocycles. The normalized spacial score (nSPS) is 14.3. The van der Waals surface area contributed by atoms with Crippen LogP contribution in [0, 0.1) is 0 Å². The third-order valence-electron chi connectivity index (χ3n) is 13.5. The van der Waals surface area contributed by atoms with E-state index in [-0.39, 0.29) is 0 Å². The molecule has 13 rings (SSSR count). The van der Waals surface area contributed by atoms with Crippen LogP contribution in [0.1, 0.15) is 22.3 Å². The van der Waals surface area contributed by atoms with Crippen LogP contribution in [0.5, 0.6) is 0 Å². The van der Waals surface area contributed by atoms with Crippen LogP contribution < -0.4 is 9.80 Å². The number of fused-ring (bicyclic) bond motifs is 13. The van der Waals surface area contributed by atoms with Gasteiger partial charge in [-0.2, -0.15) is 0 Å². The van der Waals surface area contributed by atoms with Crippen molar-refractivity contribution in [3.8, 4) is 27.9 Å². The van der Waals surface area contributed by atoms with E-state index in [0.29, 0.717) is 0 Å².